The van der Waals surface area contributed by atoms with Crippen LogP contribution >= 0.6 is 11.6 Å². The Morgan fingerprint density at radius 2 is 1.16 bits per heavy atom. The number of rotatable bonds is 0. The largest absolute Gasteiger partial charge is 0.238 e. The second kappa shape index (κ2) is 6.37. The molecule has 0 saturated carbocycles. The molecular weight excluding hydrogens is 288 g/mol. The van der Waals surface area contributed by atoms with Gasteiger partial charge >= 0.3 is 0 Å². The normalized spacial score (nSPS) is 9.84. The van der Waals surface area contributed by atoms with Gasteiger partial charge in [0, 0.05) is 6.07 Å². The highest BCUT2D eigenvalue weighted by Gasteiger charge is 2.08. The standard InChI is InChI=1S/C5H3ClF2N2.C5H4F2N2/c1-2-9-4(7)3(6)5(8)10-2;1-3-8-4(6)2-5(7)9-3/h1H3;2H,1H3. The smallest absolute Gasteiger partial charge is 0.205 e. The third kappa shape index (κ3) is 4.74. The van der Waals surface area contributed by atoms with E-state index in [1.54, 1.807) is 0 Å². The summed E-state index contributed by atoms with van der Waals surface area (Å²) >= 11 is 5.07. The highest BCUT2D eigenvalue weighted by molar-refractivity contribution is 6.30. The Labute approximate surface area is 110 Å². The lowest BCUT2D eigenvalue weighted by atomic mass is 10.6. The second-order valence-electron chi connectivity index (χ2n) is 3.23. The molecule has 2 aromatic heterocycles. The fourth-order valence-corrected chi connectivity index (χ4v) is 1.07. The van der Waals surface area contributed by atoms with Crippen LogP contribution in [0.3, 0.4) is 0 Å². The van der Waals surface area contributed by atoms with Crippen LogP contribution in [0.2, 0.25) is 5.02 Å². The van der Waals surface area contributed by atoms with Crippen molar-refractivity contribution in [1.82, 2.24) is 19.9 Å². The second-order valence-corrected chi connectivity index (χ2v) is 3.60. The molecule has 0 aliphatic carbocycles. The van der Waals surface area contributed by atoms with Crippen LogP contribution in [0.4, 0.5) is 17.6 Å². The first kappa shape index (κ1) is 15.2. The highest BCUT2D eigenvalue weighted by Crippen LogP contribution is 2.14. The lowest BCUT2D eigenvalue weighted by Gasteiger charge is -1.94. The van der Waals surface area contributed by atoms with Crippen molar-refractivity contribution in [3.05, 3.63) is 46.5 Å². The molecule has 2 rings (SSSR count). The van der Waals surface area contributed by atoms with Gasteiger partial charge in [0.1, 0.15) is 11.6 Å². The topological polar surface area (TPSA) is 51.6 Å². The van der Waals surface area contributed by atoms with Crippen LogP contribution in [-0.2, 0) is 0 Å². The Hall–Kier alpha value is -1.83. The molecule has 0 amide bonds. The van der Waals surface area contributed by atoms with Crippen LogP contribution in [-0.4, -0.2) is 19.9 Å². The van der Waals surface area contributed by atoms with E-state index < -0.39 is 28.8 Å². The monoisotopic (exact) mass is 294 g/mol. The zero-order chi connectivity index (χ0) is 14.6. The zero-order valence-corrected chi connectivity index (χ0v) is 10.5. The van der Waals surface area contributed by atoms with Crippen LogP contribution in [0.1, 0.15) is 11.6 Å². The number of aryl methyl sites for hydroxylation is 2. The van der Waals surface area contributed by atoms with Gasteiger partial charge in [0.2, 0.25) is 23.8 Å². The SMILES string of the molecule is Cc1nc(F)c(Cl)c(F)n1.Cc1nc(F)cc(F)n1. The van der Waals surface area contributed by atoms with E-state index in [2.05, 4.69) is 19.9 Å². The molecule has 2 aromatic rings. The van der Waals surface area contributed by atoms with Crippen molar-refractivity contribution >= 4 is 11.6 Å². The minimum absolute atomic E-state index is 0.0272. The molecule has 102 valence electrons. The maximum atomic E-state index is 12.3. The van der Waals surface area contributed by atoms with Gasteiger partial charge in [-0.25, -0.2) is 19.9 Å². The Bertz CT molecular complexity index is 520. The number of aromatic nitrogens is 4. The molecule has 0 fully saturated rings. The van der Waals surface area contributed by atoms with Crippen molar-refractivity contribution in [2.24, 2.45) is 0 Å². The fourth-order valence-electron chi connectivity index (χ4n) is 0.989. The molecular formula is C10H7ClF4N4. The van der Waals surface area contributed by atoms with Gasteiger partial charge in [-0.1, -0.05) is 11.6 Å². The first-order valence-electron chi connectivity index (χ1n) is 4.81. The van der Waals surface area contributed by atoms with Gasteiger partial charge < -0.3 is 0 Å². The average molecular weight is 295 g/mol. The molecule has 9 heteroatoms. The van der Waals surface area contributed by atoms with Crippen LogP contribution in [0.25, 0.3) is 0 Å². The summed E-state index contributed by atoms with van der Waals surface area (Å²) in [4.78, 5) is 12.8. The Balaban J connectivity index is 0.000000191. The third-order valence-electron chi connectivity index (χ3n) is 1.66. The van der Waals surface area contributed by atoms with E-state index in [1.807, 2.05) is 0 Å². The minimum Gasteiger partial charge on any atom is -0.205 e. The molecule has 4 nitrogen and oxygen atoms in total. The first-order chi connectivity index (χ1) is 8.79. The van der Waals surface area contributed by atoms with Gasteiger partial charge in [-0.05, 0) is 13.8 Å². The number of halogens is 5. The van der Waals surface area contributed by atoms with Crippen molar-refractivity contribution in [2.75, 3.05) is 0 Å². The Kier molecular flexibility index (Phi) is 5.11. The van der Waals surface area contributed by atoms with Gasteiger partial charge in [0.15, 0.2) is 5.02 Å². The summed E-state index contributed by atoms with van der Waals surface area (Å²) in [6, 6.07) is 0.632. The van der Waals surface area contributed by atoms with Crippen LogP contribution < -0.4 is 0 Å². The summed E-state index contributed by atoms with van der Waals surface area (Å²) in [5.41, 5.74) is 0. The molecule has 0 aliphatic rings. The summed E-state index contributed by atoms with van der Waals surface area (Å²) in [5.74, 6) is -3.58. The molecule has 0 radical (unpaired) electrons. The van der Waals surface area contributed by atoms with Gasteiger partial charge in [-0.3, -0.25) is 0 Å². The van der Waals surface area contributed by atoms with Crippen molar-refractivity contribution in [1.29, 1.82) is 0 Å². The van der Waals surface area contributed by atoms with Gasteiger partial charge in [0.25, 0.3) is 0 Å². The van der Waals surface area contributed by atoms with E-state index in [9.17, 15) is 17.6 Å². The highest BCUT2D eigenvalue weighted by atomic mass is 35.5. The Morgan fingerprint density at radius 3 is 1.53 bits per heavy atom. The zero-order valence-electron chi connectivity index (χ0n) is 9.76. The summed E-state index contributed by atoms with van der Waals surface area (Å²) in [6.07, 6.45) is 0. The van der Waals surface area contributed by atoms with Crippen LogP contribution in [0.15, 0.2) is 6.07 Å². The molecule has 0 spiro atoms. The molecule has 2 heterocycles. The molecule has 0 saturated heterocycles. The first-order valence-corrected chi connectivity index (χ1v) is 5.19. The molecule has 0 atom stereocenters. The summed E-state index contributed by atoms with van der Waals surface area (Å²) < 4.78 is 48.7. The molecule has 0 unspecified atom stereocenters. The van der Waals surface area contributed by atoms with Crippen LogP contribution in [0, 0.1) is 37.6 Å². The van der Waals surface area contributed by atoms with E-state index in [0.717, 1.165) is 0 Å². The lowest BCUT2D eigenvalue weighted by Crippen LogP contribution is -1.96. The summed E-state index contributed by atoms with van der Waals surface area (Å²) in [7, 11) is 0. The molecule has 19 heavy (non-hydrogen) atoms. The van der Waals surface area contributed by atoms with E-state index in [4.69, 9.17) is 11.6 Å². The molecule has 0 N–H and O–H groups in total. The summed E-state index contributed by atoms with van der Waals surface area (Å²) in [5, 5.41) is -0.661. The number of hydrogen-bond donors (Lipinski definition) is 0. The van der Waals surface area contributed by atoms with Gasteiger partial charge in [-0.2, -0.15) is 17.6 Å². The maximum absolute atomic E-state index is 12.3. The Morgan fingerprint density at radius 1 is 0.789 bits per heavy atom. The molecule has 0 bridgehead atoms. The van der Waals surface area contributed by atoms with Crippen molar-refractivity contribution in [2.45, 2.75) is 13.8 Å². The molecule has 0 aromatic carbocycles. The van der Waals surface area contributed by atoms with Gasteiger partial charge in [-0.15, -0.1) is 0 Å². The van der Waals surface area contributed by atoms with Crippen molar-refractivity contribution in [3.8, 4) is 0 Å². The lowest BCUT2D eigenvalue weighted by molar-refractivity contribution is 0.517. The average Bonchev–Trinajstić information content (AvgIpc) is 2.24. The van der Waals surface area contributed by atoms with E-state index >= 15 is 0 Å². The van der Waals surface area contributed by atoms with Gasteiger partial charge in [0.05, 0.1) is 0 Å². The van der Waals surface area contributed by atoms with Crippen molar-refractivity contribution in [3.63, 3.8) is 0 Å². The van der Waals surface area contributed by atoms with E-state index in [1.165, 1.54) is 13.8 Å². The number of nitrogens with zero attached hydrogens (tertiary/aromatic N) is 4. The predicted molar refractivity (Wildman–Crippen MR) is 58.4 cm³/mol. The predicted octanol–water partition coefficient (Wildman–Crippen LogP) is 2.78. The molecule has 0 aliphatic heterocycles. The van der Waals surface area contributed by atoms with E-state index in [0.29, 0.717) is 6.07 Å². The minimum atomic E-state index is -1.02. The van der Waals surface area contributed by atoms with Crippen molar-refractivity contribution < 1.29 is 17.6 Å². The quantitative estimate of drug-likeness (QED) is 0.554. The third-order valence-corrected chi connectivity index (χ3v) is 1.97. The fraction of sp³-hybridized carbons (Fsp3) is 0.200. The van der Waals surface area contributed by atoms with E-state index in [-0.39, 0.29) is 11.6 Å². The van der Waals surface area contributed by atoms with Crippen LogP contribution in [0.5, 0.6) is 0 Å². The summed E-state index contributed by atoms with van der Waals surface area (Å²) in [6.45, 7) is 2.80. The number of hydrogen-bond acceptors (Lipinski definition) is 4. The maximum Gasteiger partial charge on any atom is 0.238 e.